The van der Waals surface area contributed by atoms with Gasteiger partial charge in [-0.1, -0.05) is 0 Å². The van der Waals surface area contributed by atoms with Gasteiger partial charge >= 0.3 is 0 Å². The molecule has 1 aromatic rings. The van der Waals surface area contributed by atoms with E-state index in [-0.39, 0.29) is 11.7 Å². The van der Waals surface area contributed by atoms with Crippen molar-refractivity contribution in [3.8, 4) is 0 Å². The van der Waals surface area contributed by atoms with Gasteiger partial charge in [0.15, 0.2) is 0 Å². The van der Waals surface area contributed by atoms with E-state index < -0.39 is 6.43 Å². The topological polar surface area (TPSA) is 43.8 Å². The van der Waals surface area contributed by atoms with E-state index in [9.17, 15) is 8.78 Å². The van der Waals surface area contributed by atoms with Gasteiger partial charge in [-0.3, -0.25) is 4.68 Å². The van der Waals surface area contributed by atoms with Crippen LogP contribution in [0.1, 0.15) is 30.8 Å². The lowest BCUT2D eigenvalue weighted by molar-refractivity contribution is 0.145. The minimum Gasteiger partial charge on any atom is -0.323 e. The molecule has 0 aliphatic heterocycles. The fraction of sp³-hybridized carbons (Fsp3) is 0.571. The molecular formula is C7H11F2N3. The van der Waals surface area contributed by atoms with Crippen LogP contribution in [0.25, 0.3) is 0 Å². The summed E-state index contributed by atoms with van der Waals surface area (Å²) in [4.78, 5) is 0. The van der Waals surface area contributed by atoms with Gasteiger partial charge in [0, 0.05) is 13.1 Å². The van der Waals surface area contributed by atoms with Crippen molar-refractivity contribution in [2.45, 2.75) is 19.4 Å². The minimum absolute atomic E-state index is 0.218. The van der Waals surface area contributed by atoms with E-state index in [1.165, 1.54) is 10.7 Å². The zero-order valence-corrected chi connectivity index (χ0v) is 6.96. The number of rotatable bonds is 2. The van der Waals surface area contributed by atoms with E-state index in [4.69, 9.17) is 5.73 Å². The molecule has 5 heteroatoms. The summed E-state index contributed by atoms with van der Waals surface area (Å²) in [6.07, 6.45) is -2.52. The Morgan fingerprint density at radius 3 is 2.42 bits per heavy atom. The molecule has 2 N–H and O–H groups in total. The van der Waals surface area contributed by atoms with Crippen LogP contribution in [0.4, 0.5) is 8.78 Å². The van der Waals surface area contributed by atoms with E-state index in [1.807, 2.05) is 0 Å². The molecule has 0 aliphatic rings. The van der Waals surface area contributed by atoms with Crippen LogP contribution in [-0.4, -0.2) is 9.78 Å². The van der Waals surface area contributed by atoms with Gasteiger partial charge in [-0.15, -0.1) is 0 Å². The molecule has 0 saturated carbocycles. The number of nitrogens with two attached hydrogens (primary N) is 1. The highest BCUT2D eigenvalue weighted by Crippen LogP contribution is 2.19. The Kier molecular flexibility index (Phi) is 2.42. The summed E-state index contributed by atoms with van der Waals surface area (Å²) < 4.78 is 25.6. The van der Waals surface area contributed by atoms with Crippen LogP contribution in [0.3, 0.4) is 0 Å². The number of halogens is 2. The van der Waals surface area contributed by atoms with Crippen molar-refractivity contribution in [3.63, 3.8) is 0 Å². The molecule has 0 saturated heterocycles. The molecule has 0 amide bonds. The monoisotopic (exact) mass is 175 g/mol. The van der Waals surface area contributed by atoms with Crippen LogP contribution in [0.2, 0.25) is 0 Å². The Hall–Kier alpha value is -0.970. The Morgan fingerprint density at radius 1 is 1.58 bits per heavy atom. The van der Waals surface area contributed by atoms with Gasteiger partial charge in [0.2, 0.25) is 0 Å². The van der Waals surface area contributed by atoms with Crippen molar-refractivity contribution < 1.29 is 8.78 Å². The van der Waals surface area contributed by atoms with Crippen LogP contribution in [-0.2, 0) is 7.05 Å². The molecular weight excluding hydrogens is 164 g/mol. The number of hydrogen-bond acceptors (Lipinski definition) is 2. The first-order chi connectivity index (χ1) is 5.52. The van der Waals surface area contributed by atoms with E-state index in [2.05, 4.69) is 5.10 Å². The summed E-state index contributed by atoms with van der Waals surface area (Å²) >= 11 is 0. The summed E-state index contributed by atoms with van der Waals surface area (Å²) in [5, 5.41) is 3.62. The van der Waals surface area contributed by atoms with Gasteiger partial charge in [-0.05, 0) is 13.0 Å². The second-order valence-corrected chi connectivity index (χ2v) is 2.71. The fourth-order valence-corrected chi connectivity index (χ4v) is 1.04. The Balaban J connectivity index is 3.00. The van der Waals surface area contributed by atoms with Crippen LogP contribution >= 0.6 is 0 Å². The average molecular weight is 175 g/mol. The molecule has 1 aromatic heterocycles. The van der Waals surface area contributed by atoms with Crippen molar-refractivity contribution >= 4 is 0 Å². The molecule has 0 fully saturated rings. The van der Waals surface area contributed by atoms with E-state index in [0.717, 1.165) is 0 Å². The predicted molar refractivity (Wildman–Crippen MR) is 40.8 cm³/mol. The summed E-state index contributed by atoms with van der Waals surface area (Å²) in [7, 11) is 1.60. The van der Waals surface area contributed by atoms with Crippen molar-refractivity contribution in [2.75, 3.05) is 0 Å². The standard InChI is InChI=1S/C7H11F2N3/c1-4(10)6-3-5(7(8)9)11-12(6)2/h3-4,7H,10H2,1-2H3/t4-/m1/s1. The lowest BCUT2D eigenvalue weighted by atomic mass is 10.2. The maximum absolute atomic E-state index is 12.1. The molecule has 0 aromatic carbocycles. The third-order valence-corrected chi connectivity index (χ3v) is 1.63. The molecule has 1 rings (SSSR count). The molecule has 68 valence electrons. The van der Waals surface area contributed by atoms with E-state index in [0.29, 0.717) is 5.69 Å². The van der Waals surface area contributed by atoms with Gasteiger partial charge in [0.05, 0.1) is 5.69 Å². The van der Waals surface area contributed by atoms with Gasteiger partial charge in [-0.2, -0.15) is 5.10 Å². The molecule has 0 bridgehead atoms. The molecule has 3 nitrogen and oxygen atoms in total. The Bertz CT molecular complexity index is 268. The van der Waals surface area contributed by atoms with Crippen molar-refractivity contribution in [2.24, 2.45) is 12.8 Å². The first-order valence-electron chi connectivity index (χ1n) is 3.60. The second kappa shape index (κ2) is 3.18. The zero-order valence-electron chi connectivity index (χ0n) is 6.96. The second-order valence-electron chi connectivity index (χ2n) is 2.71. The van der Waals surface area contributed by atoms with Crippen molar-refractivity contribution in [3.05, 3.63) is 17.5 Å². The number of alkyl halides is 2. The fourth-order valence-electron chi connectivity index (χ4n) is 1.04. The summed E-state index contributed by atoms with van der Waals surface area (Å²) in [5.41, 5.74) is 5.92. The Morgan fingerprint density at radius 2 is 2.17 bits per heavy atom. The lowest BCUT2D eigenvalue weighted by Crippen LogP contribution is -2.10. The van der Waals surface area contributed by atoms with Crippen LogP contribution in [0.15, 0.2) is 6.07 Å². The highest BCUT2D eigenvalue weighted by Gasteiger charge is 2.15. The summed E-state index contributed by atoms with van der Waals surface area (Å²) in [5.74, 6) is 0. The maximum atomic E-state index is 12.1. The number of nitrogens with zero attached hydrogens (tertiary/aromatic N) is 2. The third kappa shape index (κ3) is 1.61. The number of hydrogen-bond donors (Lipinski definition) is 1. The first-order valence-corrected chi connectivity index (χ1v) is 3.60. The van der Waals surface area contributed by atoms with Gasteiger partial charge in [0.25, 0.3) is 6.43 Å². The van der Waals surface area contributed by atoms with Crippen molar-refractivity contribution in [1.82, 2.24) is 9.78 Å². The molecule has 0 aliphatic carbocycles. The molecule has 0 unspecified atom stereocenters. The molecule has 12 heavy (non-hydrogen) atoms. The Labute approximate surface area is 69.2 Å². The quantitative estimate of drug-likeness (QED) is 0.737. The molecule has 0 spiro atoms. The number of aromatic nitrogens is 2. The normalized spacial score (nSPS) is 13.8. The highest BCUT2D eigenvalue weighted by molar-refractivity contribution is 5.13. The number of aryl methyl sites for hydroxylation is 1. The van der Waals surface area contributed by atoms with Gasteiger partial charge in [0.1, 0.15) is 5.69 Å². The highest BCUT2D eigenvalue weighted by atomic mass is 19.3. The van der Waals surface area contributed by atoms with Crippen molar-refractivity contribution in [1.29, 1.82) is 0 Å². The largest absolute Gasteiger partial charge is 0.323 e. The van der Waals surface area contributed by atoms with Crippen LogP contribution < -0.4 is 5.73 Å². The smallest absolute Gasteiger partial charge is 0.282 e. The first kappa shape index (κ1) is 9.12. The summed E-state index contributed by atoms with van der Waals surface area (Å²) in [6.45, 7) is 1.73. The minimum atomic E-state index is -2.52. The van der Waals surface area contributed by atoms with Gasteiger partial charge < -0.3 is 5.73 Å². The van der Waals surface area contributed by atoms with E-state index >= 15 is 0 Å². The molecule has 0 radical (unpaired) electrons. The molecule has 1 heterocycles. The molecule has 1 atom stereocenters. The van der Waals surface area contributed by atoms with Crippen LogP contribution in [0, 0.1) is 0 Å². The predicted octanol–water partition coefficient (Wildman–Crippen LogP) is 1.38. The summed E-state index contributed by atoms with van der Waals surface area (Å²) in [6, 6.07) is 1.06. The van der Waals surface area contributed by atoms with Gasteiger partial charge in [-0.25, -0.2) is 8.78 Å². The maximum Gasteiger partial charge on any atom is 0.282 e. The zero-order chi connectivity index (χ0) is 9.30. The third-order valence-electron chi connectivity index (χ3n) is 1.63. The SMILES string of the molecule is C[C@@H](N)c1cc(C(F)F)nn1C. The van der Waals surface area contributed by atoms with Crippen LogP contribution in [0.5, 0.6) is 0 Å². The van der Waals surface area contributed by atoms with E-state index in [1.54, 1.807) is 14.0 Å². The average Bonchev–Trinajstić information content (AvgIpc) is 2.30. The lowest BCUT2D eigenvalue weighted by Gasteiger charge is -2.03.